The van der Waals surface area contributed by atoms with Gasteiger partial charge in [0.15, 0.2) is 0 Å². The zero-order valence-electron chi connectivity index (χ0n) is 27.4. The fourth-order valence-electron chi connectivity index (χ4n) is 7.88. The number of thiazole rings is 1. The Kier molecular flexibility index (Phi) is 6.32. The SMILES string of the molecule is c1ccc(-n2c3ccccc3c3cc(-c4nc5c(s4)c(-c4ccc(-c6cccc7ccccc67)cc4)cc4sc6ccccc6c45)ccc32)cc1. The van der Waals surface area contributed by atoms with Gasteiger partial charge in [0.1, 0.15) is 5.01 Å². The highest BCUT2D eigenvalue weighted by Gasteiger charge is 2.20. The molecule has 0 spiro atoms. The van der Waals surface area contributed by atoms with Crippen molar-refractivity contribution in [2.45, 2.75) is 0 Å². The molecule has 0 saturated carbocycles. The van der Waals surface area contributed by atoms with E-state index in [1.54, 1.807) is 11.3 Å². The van der Waals surface area contributed by atoms with Crippen LogP contribution in [-0.2, 0) is 0 Å². The summed E-state index contributed by atoms with van der Waals surface area (Å²) in [6, 6.07) is 61.7. The predicted octanol–water partition coefficient (Wildman–Crippen LogP) is 13.9. The number of nitrogens with zero attached hydrogens (tertiary/aromatic N) is 2. The summed E-state index contributed by atoms with van der Waals surface area (Å²) >= 11 is 3.66. The second-order valence-corrected chi connectivity index (χ2v) is 15.2. The molecule has 3 aromatic heterocycles. The van der Waals surface area contributed by atoms with E-state index in [1.165, 1.54) is 85.4 Å². The molecule has 4 heteroatoms. The standard InChI is InChI=1S/C47H28N2S2/c1-2-13-33(14-3-1)49-40-19-8-6-16-36(40)39-27-32(25-26-41(39)49)47-48-45-44-37-17-7-9-20-42(37)50-43(44)28-38(46(45)51-47)31-23-21-30(22-24-31)35-18-10-12-29-11-4-5-15-34(29)35/h1-28H. The molecule has 0 fully saturated rings. The average Bonchev–Trinajstić information content (AvgIpc) is 3.89. The van der Waals surface area contributed by atoms with E-state index >= 15 is 0 Å². The molecule has 3 heterocycles. The first kappa shape index (κ1) is 28.7. The third-order valence-electron chi connectivity index (χ3n) is 10.2. The monoisotopic (exact) mass is 684 g/mol. The first-order valence-corrected chi connectivity index (χ1v) is 18.8. The Balaban J connectivity index is 1.11. The van der Waals surface area contributed by atoms with Crippen molar-refractivity contribution >= 4 is 85.6 Å². The number of fused-ring (bicyclic) bond motifs is 9. The summed E-state index contributed by atoms with van der Waals surface area (Å²) in [4.78, 5) is 5.49. The van der Waals surface area contributed by atoms with Crippen molar-refractivity contribution in [3.63, 3.8) is 0 Å². The number of aromatic nitrogens is 2. The summed E-state index contributed by atoms with van der Waals surface area (Å²) in [5.41, 5.74) is 10.7. The summed E-state index contributed by atoms with van der Waals surface area (Å²) in [5, 5.41) is 8.59. The molecule has 0 unspecified atom stereocenters. The molecule has 0 aliphatic carbocycles. The van der Waals surface area contributed by atoms with Gasteiger partial charge in [0.25, 0.3) is 0 Å². The lowest BCUT2D eigenvalue weighted by atomic mass is 9.96. The highest BCUT2D eigenvalue weighted by Crippen LogP contribution is 2.47. The molecule has 8 aromatic carbocycles. The van der Waals surface area contributed by atoms with Gasteiger partial charge in [0.2, 0.25) is 0 Å². The van der Waals surface area contributed by atoms with Crippen LogP contribution in [0, 0.1) is 0 Å². The topological polar surface area (TPSA) is 17.8 Å². The van der Waals surface area contributed by atoms with Gasteiger partial charge >= 0.3 is 0 Å². The molecule has 0 radical (unpaired) electrons. The maximum absolute atomic E-state index is 5.49. The number of benzene rings is 8. The summed E-state index contributed by atoms with van der Waals surface area (Å²) in [7, 11) is 0. The van der Waals surface area contributed by atoms with E-state index in [2.05, 4.69) is 174 Å². The first-order chi connectivity index (χ1) is 25.3. The zero-order valence-corrected chi connectivity index (χ0v) is 29.0. The quantitative estimate of drug-likeness (QED) is 0.180. The van der Waals surface area contributed by atoms with Crippen LogP contribution in [0.15, 0.2) is 170 Å². The number of hydrogen-bond acceptors (Lipinski definition) is 3. The van der Waals surface area contributed by atoms with Gasteiger partial charge in [-0.2, -0.15) is 0 Å². The van der Waals surface area contributed by atoms with Crippen LogP contribution < -0.4 is 0 Å². The highest BCUT2D eigenvalue weighted by atomic mass is 32.1. The van der Waals surface area contributed by atoms with Crippen molar-refractivity contribution in [2.24, 2.45) is 0 Å². The van der Waals surface area contributed by atoms with Gasteiger partial charge in [-0.15, -0.1) is 22.7 Å². The molecule has 0 amide bonds. The Morgan fingerprint density at radius 3 is 1.96 bits per heavy atom. The summed E-state index contributed by atoms with van der Waals surface area (Å²) in [6.07, 6.45) is 0. The molecule has 0 bridgehead atoms. The van der Waals surface area contributed by atoms with Crippen LogP contribution in [0.25, 0.3) is 101 Å². The molecule has 2 nitrogen and oxygen atoms in total. The Bertz CT molecular complexity index is 3120. The maximum atomic E-state index is 5.49. The Morgan fingerprint density at radius 1 is 0.431 bits per heavy atom. The average molecular weight is 685 g/mol. The second kappa shape index (κ2) is 11.2. The van der Waals surface area contributed by atoms with Crippen LogP contribution in [0.2, 0.25) is 0 Å². The van der Waals surface area contributed by atoms with Crippen LogP contribution in [0.1, 0.15) is 0 Å². The van der Waals surface area contributed by atoms with Gasteiger partial charge < -0.3 is 4.57 Å². The molecule has 0 aliphatic rings. The number of para-hydroxylation sites is 2. The fraction of sp³-hybridized carbons (Fsp3) is 0. The molecular formula is C47H28N2S2. The lowest BCUT2D eigenvalue weighted by molar-refractivity contribution is 1.18. The molecule has 0 atom stereocenters. The molecule has 0 aliphatic heterocycles. The summed E-state index contributed by atoms with van der Waals surface area (Å²) in [5.74, 6) is 0. The third-order valence-corrected chi connectivity index (χ3v) is 12.5. The van der Waals surface area contributed by atoms with E-state index in [-0.39, 0.29) is 0 Å². The number of rotatable bonds is 4. The van der Waals surface area contributed by atoms with E-state index < -0.39 is 0 Å². The van der Waals surface area contributed by atoms with Crippen molar-refractivity contribution in [3.05, 3.63) is 170 Å². The van der Waals surface area contributed by atoms with Gasteiger partial charge in [-0.25, -0.2) is 4.98 Å². The minimum Gasteiger partial charge on any atom is -0.309 e. The van der Waals surface area contributed by atoms with Crippen molar-refractivity contribution in [1.82, 2.24) is 9.55 Å². The van der Waals surface area contributed by atoms with Crippen LogP contribution in [-0.4, -0.2) is 9.55 Å². The van der Waals surface area contributed by atoms with Crippen molar-refractivity contribution < 1.29 is 0 Å². The Labute approximate surface area is 302 Å². The normalized spacial score (nSPS) is 11.9. The van der Waals surface area contributed by atoms with Crippen molar-refractivity contribution in [3.8, 4) is 38.5 Å². The van der Waals surface area contributed by atoms with E-state index in [4.69, 9.17) is 4.98 Å². The Hall–Kier alpha value is -6.07. The lowest BCUT2D eigenvalue weighted by Gasteiger charge is -2.09. The van der Waals surface area contributed by atoms with Crippen LogP contribution in [0.4, 0.5) is 0 Å². The van der Waals surface area contributed by atoms with E-state index in [9.17, 15) is 0 Å². The van der Waals surface area contributed by atoms with Crippen molar-refractivity contribution in [2.75, 3.05) is 0 Å². The minimum absolute atomic E-state index is 1.04. The molecule has 0 N–H and O–H groups in total. The number of hydrogen-bond donors (Lipinski definition) is 0. The van der Waals surface area contributed by atoms with E-state index in [0.29, 0.717) is 0 Å². The molecule has 0 saturated heterocycles. The fourth-order valence-corrected chi connectivity index (χ4v) is 10.1. The molecule has 238 valence electrons. The van der Waals surface area contributed by atoms with Gasteiger partial charge in [0, 0.05) is 47.8 Å². The minimum atomic E-state index is 1.04. The third kappa shape index (κ3) is 4.44. The highest BCUT2D eigenvalue weighted by molar-refractivity contribution is 7.26. The number of thiophene rings is 1. The smallest absolute Gasteiger partial charge is 0.124 e. The summed E-state index contributed by atoms with van der Waals surface area (Å²) in [6.45, 7) is 0. The first-order valence-electron chi connectivity index (χ1n) is 17.2. The maximum Gasteiger partial charge on any atom is 0.124 e. The molecular weight excluding hydrogens is 657 g/mol. The molecule has 11 aromatic rings. The lowest BCUT2D eigenvalue weighted by Crippen LogP contribution is -1.92. The van der Waals surface area contributed by atoms with Gasteiger partial charge in [-0.05, 0) is 76.0 Å². The van der Waals surface area contributed by atoms with Crippen LogP contribution in [0.5, 0.6) is 0 Å². The Morgan fingerprint density at radius 2 is 1.10 bits per heavy atom. The van der Waals surface area contributed by atoms with E-state index in [1.807, 2.05) is 11.3 Å². The summed E-state index contributed by atoms with van der Waals surface area (Å²) < 4.78 is 6.16. The van der Waals surface area contributed by atoms with Crippen molar-refractivity contribution in [1.29, 1.82) is 0 Å². The van der Waals surface area contributed by atoms with Crippen LogP contribution >= 0.6 is 22.7 Å². The predicted molar refractivity (Wildman–Crippen MR) is 221 cm³/mol. The van der Waals surface area contributed by atoms with E-state index in [0.717, 1.165) is 16.1 Å². The van der Waals surface area contributed by atoms with Crippen LogP contribution in [0.3, 0.4) is 0 Å². The van der Waals surface area contributed by atoms with Gasteiger partial charge in [-0.1, -0.05) is 121 Å². The molecule has 51 heavy (non-hydrogen) atoms. The largest absolute Gasteiger partial charge is 0.309 e. The van der Waals surface area contributed by atoms with Gasteiger partial charge in [0.05, 0.1) is 21.3 Å². The second-order valence-electron chi connectivity index (χ2n) is 13.1. The molecule has 11 rings (SSSR count). The van der Waals surface area contributed by atoms with Gasteiger partial charge in [-0.3, -0.25) is 0 Å². The zero-order chi connectivity index (χ0) is 33.5.